The third-order valence-corrected chi connectivity index (χ3v) is 4.78. The Morgan fingerprint density at radius 2 is 1.93 bits per heavy atom. The molecule has 0 aromatic rings. The first-order valence-corrected chi connectivity index (χ1v) is 7.30. The minimum atomic E-state index is -3.35. The highest BCUT2D eigenvalue weighted by Gasteiger charge is 2.29. The van der Waals surface area contributed by atoms with Crippen molar-refractivity contribution < 1.29 is 8.42 Å². The van der Waals surface area contributed by atoms with Gasteiger partial charge in [0.25, 0.3) is 0 Å². The zero-order chi connectivity index (χ0) is 11.5. The number of nitrogens with two attached hydrogens (primary N) is 1. The molecule has 0 amide bonds. The minimum absolute atomic E-state index is 0.244. The van der Waals surface area contributed by atoms with Crippen LogP contribution in [0.25, 0.3) is 0 Å². The van der Waals surface area contributed by atoms with Crippen LogP contribution in [0.2, 0.25) is 0 Å². The van der Waals surface area contributed by atoms with Crippen LogP contribution >= 0.6 is 0 Å². The van der Waals surface area contributed by atoms with Gasteiger partial charge in [0.15, 0.2) is 0 Å². The summed E-state index contributed by atoms with van der Waals surface area (Å²) in [5.74, 6) is 0.244. The van der Waals surface area contributed by atoms with E-state index >= 15 is 0 Å². The maximum Gasteiger partial charge on any atom is 0.211 e. The van der Waals surface area contributed by atoms with Gasteiger partial charge in [-0.25, -0.2) is 13.6 Å². The molecule has 1 atom stereocenters. The van der Waals surface area contributed by atoms with E-state index in [0.717, 1.165) is 38.9 Å². The molecule has 1 heterocycles. The quantitative estimate of drug-likeness (QED) is 0.782. The predicted octanol–water partition coefficient (Wildman–Crippen LogP) is 0.785. The zero-order valence-corrected chi connectivity index (χ0v) is 10.5. The minimum Gasteiger partial charge on any atom is -0.303 e. The molecule has 0 bridgehead atoms. The zero-order valence-electron chi connectivity index (χ0n) is 9.65. The van der Waals surface area contributed by atoms with E-state index in [1.807, 2.05) is 0 Å². The maximum absolute atomic E-state index is 11.2. The Morgan fingerprint density at radius 3 is 2.33 bits per heavy atom. The van der Waals surface area contributed by atoms with Crippen LogP contribution in [0, 0.1) is 5.92 Å². The Bertz CT molecular complexity index is 282. The van der Waals surface area contributed by atoms with Gasteiger partial charge >= 0.3 is 0 Å². The van der Waals surface area contributed by atoms with E-state index in [2.05, 4.69) is 11.8 Å². The van der Waals surface area contributed by atoms with E-state index in [1.54, 1.807) is 6.92 Å². The summed E-state index contributed by atoms with van der Waals surface area (Å²) in [5, 5.41) is 4.77. The number of sulfonamides is 1. The van der Waals surface area contributed by atoms with Crippen molar-refractivity contribution >= 4 is 10.0 Å². The SMILES string of the molecule is CCCN1CCC(C(C)S(N)(=O)=O)CC1. The van der Waals surface area contributed by atoms with E-state index in [4.69, 9.17) is 5.14 Å². The summed E-state index contributed by atoms with van der Waals surface area (Å²) in [6.07, 6.45) is 3.07. The molecule has 2 N–H and O–H groups in total. The molecule has 1 fully saturated rings. The lowest BCUT2D eigenvalue weighted by molar-refractivity contribution is 0.183. The summed E-state index contributed by atoms with van der Waals surface area (Å²) in [6, 6.07) is 0. The third-order valence-electron chi connectivity index (χ3n) is 3.35. The van der Waals surface area contributed by atoms with Gasteiger partial charge in [-0.1, -0.05) is 6.92 Å². The van der Waals surface area contributed by atoms with Gasteiger partial charge in [0.1, 0.15) is 0 Å². The lowest BCUT2D eigenvalue weighted by Gasteiger charge is -2.33. The summed E-state index contributed by atoms with van der Waals surface area (Å²) in [7, 11) is -3.35. The van der Waals surface area contributed by atoms with Gasteiger partial charge in [-0.3, -0.25) is 0 Å². The fraction of sp³-hybridized carbons (Fsp3) is 1.00. The smallest absolute Gasteiger partial charge is 0.211 e. The van der Waals surface area contributed by atoms with E-state index in [0.29, 0.717) is 0 Å². The molecule has 0 saturated carbocycles. The predicted molar refractivity (Wildman–Crippen MR) is 62.0 cm³/mol. The molecular formula is C10H22N2O2S. The summed E-state index contributed by atoms with van der Waals surface area (Å²) in [6.45, 7) is 7.04. The molecule has 4 nitrogen and oxygen atoms in total. The summed E-state index contributed by atoms with van der Waals surface area (Å²) in [4.78, 5) is 2.40. The van der Waals surface area contributed by atoms with E-state index in [-0.39, 0.29) is 11.2 Å². The molecule has 1 aliphatic rings. The van der Waals surface area contributed by atoms with Crippen molar-refractivity contribution in [2.45, 2.75) is 38.4 Å². The standard InChI is InChI=1S/C10H22N2O2S/c1-3-6-12-7-4-10(5-8-12)9(2)15(11,13)14/h9-10H,3-8H2,1-2H3,(H2,11,13,14). The van der Waals surface area contributed by atoms with Crippen molar-refractivity contribution in [1.29, 1.82) is 0 Å². The Hall–Kier alpha value is -0.130. The van der Waals surface area contributed by atoms with Crippen molar-refractivity contribution in [3.63, 3.8) is 0 Å². The first kappa shape index (κ1) is 12.9. The average molecular weight is 234 g/mol. The van der Waals surface area contributed by atoms with Crippen LogP contribution in [0.5, 0.6) is 0 Å². The Kier molecular flexibility index (Phi) is 4.55. The lowest BCUT2D eigenvalue weighted by atomic mass is 9.94. The van der Waals surface area contributed by atoms with E-state index < -0.39 is 10.0 Å². The Labute approximate surface area is 92.9 Å². The highest BCUT2D eigenvalue weighted by Crippen LogP contribution is 2.23. The van der Waals surface area contributed by atoms with Crippen LogP contribution in [-0.2, 0) is 10.0 Å². The molecule has 1 rings (SSSR count). The number of nitrogens with zero attached hydrogens (tertiary/aromatic N) is 1. The van der Waals surface area contributed by atoms with Gasteiger partial charge in [0, 0.05) is 0 Å². The van der Waals surface area contributed by atoms with Crippen LogP contribution < -0.4 is 5.14 Å². The normalized spacial score (nSPS) is 22.9. The summed E-state index contributed by atoms with van der Waals surface area (Å²) >= 11 is 0. The number of hydrogen-bond donors (Lipinski definition) is 1. The Morgan fingerprint density at radius 1 is 1.40 bits per heavy atom. The summed E-state index contributed by atoms with van der Waals surface area (Å²) in [5.41, 5.74) is 0. The fourth-order valence-electron chi connectivity index (χ4n) is 2.23. The van der Waals surface area contributed by atoms with Crippen molar-refractivity contribution in [3.05, 3.63) is 0 Å². The van der Waals surface area contributed by atoms with Crippen molar-refractivity contribution in [2.75, 3.05) is 19.6 Å². The van der Waals surface area contributed by atoms with Crippen LogP contribution in [0.15, 0.2) is 0 Å². The van der Waals surface area contributed by atoms with Crippen molar-refractivity contribution in [1.82, 2.24) is 4.90 Å². The molecule has 0 aromatic carbocycles. The van der Waals surface area contributed by atoms with Crippen LogP contribution in [-0.4, -0.2) is 38.2 Å². The van der Waals surface area contributed by atoms with Gasteiger partial charge in [0.2, 0.25) is 10.0 Å². The molecule has 15 heavy (non-hydrogen) atoms. The molecule has 0 aromatic heterocycles. The molecule has 0 radical (unpaired) electrons. The van der Waals surface area contributed by atoms with Gasteiger partial charge in [0.05, 0.1) is 5.25 Å². The second kappa shape index (κ2) is 5.27. The second-order valence-electron chi connectivity index (χ2n) is 4.47. The van der Waals surface area contributed by atoms with Gasteiger partial charge in [-0.2, -0.15) is 0 Å². The fourth-order valence-corrected chi connectivity index (χ4v) is 3.04. The number of primary sulfonamides is 1. The molecular weight excluding hydrogens is 212 g/mol. The van der Waals surface area contributed by atoms with Crippen LogP contribution in [0.4, 0.5) is 0 Å². The van der Waals surface area contributed by atoms with E-state index in [1.165, 1.54) is 0 Å². The molecule has 1 saturated heterocycles. The molecule has 0 aliphatic carbocycles. The first-order valence-electron chi connectivity index (χ1n) is 5.69. The molecule has 5 heteroatoms. The third kappa shape index (κ3) is 3.74. The summed E-state index contributed by atoms with van der Waals surface area (Å²) < 4.78 is 22.4. The molecule has 1 unspecified atom stereocenters. The lowest BCUT2D eigenvalue weighted by Crippen LogP contribution is -2.41. The number of piperidine rings is 1. The maximum atomic E-state index is 11.2. The topological polar surface area (TPSA) is 63.4 Å². The monoisotopic (exact) mass is 234 g/mol. The van der Waals surface area contributed by atoms with Crippen LogP contribution in [0.3, 0.4) is 0 Å². The highest BCUT2D eigenvalue weighted by molar-refractivity contribution is 7.89. The van der Waals surface area contributed by atoms with Crippen molar-refractivity contribution in [3.8, 4) is 0 Å². The number of hydrogen-bond acceptors (Lipinski definition) is 3. The molecule has 90 valence electrons. The Balaban J connectivity index is 2.44. The second-order valence-corrected chi connectivity index (χ2v) is 6.39. The molecule has 1 aliphatic heterocycles. The van der Waals surface area contributed by atoms with Crippen molar-refractivity contribution in [2.24, 2.45) is 11.1 Å². The average Bonchev–Trinajstić information content (AvgIpc) is 2.17. The molecule has 0 spiro atoms. The first-order chi connectivity index (χ1) is 6.95. The largest absolute Gasteiger partial charge is 0.303 e. The number of rotatable bonds is 4. The van der Waals surface area contributed by atoms with E-state index in [9.17, 15) is 8.42 Å². The van der Waals surface area contributed by atoms with Gasteiger partial charge in [-0.05, 0) is 51.7 Å². The number of likely N-dealkylation sites (tertiary alicyclic amines) is 1. The highest BCUT2D eigenvalue weighted by atomic mass is 32.2. The van der Waals surface area contributed by atoms with Gasteiger partial charge in [-0.15, -0.1) is 0 Å². The van der Waals surface area contributed by atoms with Gasteiger partial charge < -0.3 is 4.90 Å². The van der Waals surface area contributed by atoms with Crippen LogP contribution in [0.1, 0.15) is 33.1 Å².